The number of nitrogens with one attached hydrogen (secondary N) is 1. The van der Waals surface area contributed by atoms with Crippen molar-refractivity contribution in [2.75, 3.05) is 11.9 Å². The molecule has 0 aliphatic carbocycles. The number of amides is 1. The van der Waals surface area contributed by atoms with Crippen LogP contribution in [0.5, 0.6) is 5.75 Å². The van der Waals surface area contributed by atoms with Crippen LogP contribution in [0.3, 0.4) is 0 Å². The number of alkyl halides is 3. The maximum atomic E-state index is 12.9. The highest BCUT2D eigenvalue weighted by atomic mass is 79.9. The highest BCUT2D eigenvalue weighted by Gasteiger charge is 2.31. The van der Waals surface area contributed by atoms with E-state index in [1.54, 1.807) is 12.1 Å². The van der Waals surface area contributed by atoms with Crippen molar-refractivity contribution in [1.82, 2.24) is 0 Å². The summed E-state index contributed by atoms with van der Waals surface area (Å²) >= 11 is 9.20. The molecule has 0 spiro atoms. The quantitative estimate of drug-likeness (QED) is 0.572. The monoisotopic (exact) mass is 449 g/mol. The van der Waals surface area contributed by atoms with Crippen LogP contribution in [0, 0.1) is 5.92 Å². The summed E-state index contributed by atoms with van der Waals surface area (Å²) in [5.74, 6) is -0.0405. The first-order chi connectivity index (χ1) is 12.1. The Morgan fingerprint density at radius 2 is 1.92 bits per heavy atom. The molecule has 2 rings (SSSR count). The van der Waals surface area contributed by atoms with Crippen molar-refractivity contribution in [2.45, 2.75) is 20.0 Å². The number of anilines is 1. The fraction of sp³-hybridized carbons (Fsp3) is 0.278. The molecule has 26 heavy (non-hydrogen) atoms. The second-order valence-electron chi connectivity index (χ2n) is 5.99. The lowest BCUT2D eigenvalue weighted by molar-refractivity contribution is -0.137. The van der Waals surface area contributed by atoms with E-state index in [-0.39, 0.29) is 22.2 Å². The lowest BCUT2D eigenvalue weighted by Gasteiger charge is -2.15. The average Bonchev–Trinajstić information content (AvgIpc) is 2.54. The Morgan fingerprint density at radius 1 is 1.23 bits per heavy atom. The maximum absolute atomic E-state index is 12.9. The molecular formula is C18H16BrClF3NO2. The van der Waals surface area contributed by atoms with Gasteiger partial charge < -0.3 is 10.1 Å². The zero-order valence-electron chi connectivity index (χ0n) is 14.0. The van der Waals surface area contributed by atoms with E-state index in [4.69, 9.17) is 16.3 Å². The molecule has 0 aliphatic rings. The molecule has 0 aromatic heterocycles. The minimum Gasteiger partial charge on any atom is -0.492 e. The van der Waals surface area contributed by atoms with Gasteiger partial charge in [0, 0.05) is 4.47 Å². The molecule has 3 nitrogen and oxygen atoms in total. The molecule has 0 fully saturated rings. The van der Waals surface area contributed by atoms with Gasteiger partial charge in [0.2, 0.25) is 0 Å². The van der Waals surface area contributed by atoms with Crippen LogP contribution >= 0.6 is 27.5 Å². The van der Waals surface area contributed by atoms with Crippen molar-refractivity contribution in [3.63, 3.8) is 0 Å². The van der Waals surface area contributed by atoms with E-state index in [2.05, 4.69) is 21.2 Å². The van der Waals surface area contributed by atoms with E-state index in [0.29, 0.717) is 16.8 Å². The Labute approximate surface area is 162 Å². The zero-order chi connectivity index (χ0) is 19.5. The van der Waals surface area contributed by atoms with Gasteiger partial charge in [-0.2, -0.15) is 13.2 Å². The van der Waals surface area contributed by atoms with Gasteiger partial charge in [0.1, 0.15) is 5.75 Å². The van der Waals surface area contributed by atoms with Gasteiger partial charge in [0.05, 0.1) is 28.4 Å². The van der Waals surface area contributed by atoms with Crippen LogP contribution in [0.15, 0.2) is 40.9 Å². The Morgan fingerprint density at radius 3 is 2.54 bits per heavy atom. The number of hydrogen-bond acceptors (Lipinski definition) is 2. The molecule has 0 aliphatic heterocycles. The van der Waals surface area contributed by atoms with Gasteiger partial charge in [-0.05, 0) is 42.3 Å². The van der Waals surface area contributed by atoms with Crippen molar-refractivity contribution in [2.24, 2.45) is 5.92 Å². The van der Waals surface area contributed by atoms with Crippen molar-refractivity contribution in [3.8, 4) is 5.75 Å². The van der Waals surface area contributed by atoms with Gasteiger partial charge in [-0.1, -0.05) is 41.4 Å². The minimum absolute atomic E-state index is 0.00555. The Hall–Kier alpha value is -1.73. The molecule has 2 aromatic carbocycles. The molecule has 0 bridgehead atoms. The standard InChI is InChI=1S/C18H16BrClF3NO2/c1-10(2)9-26-16-6-4-12(19)8-13(16)17(25)24-15-7-11(18(21,22)23)3-5-14(15)20/h3-8,10H,9H2,1-2H3,(H,24,25). The van der Waals surface area contributed by atoms with Crippen LogP contribution in [0.2, 0.25) is 5.02 Å². The van der Waals surface area contributed by atoms with E-state index >= 15 is 0 Å². The number of carbonyl (C=O) groups excluding carboxylic acids is 1. The van der Waals surface area contributed by atoms with Gasteiger partial charge in [0.15, 0.2) is 0 Å². The summed E-state index contributed by atoms with van der Waals surface area (Å²) in [4.78, 5) is 12.6. The lowest BCUT2D eigenvalue weighted by Crippen LogP contribution is -2.16. The topological polar surface area (TPSA) is 38.3 Å². The number of benzene rings is 2. The van der Waals surface area contributed by atoms with Crippen LogP contribution in [0.25, 0.3) is 0 Å². The maximum Gasteiger partial charge on any atom is 0.416 e. The summed E-state index contributed by atoms with van der Waals surface area (Å²) in [6.45, 7) is 4.31. The van der Waals surface area contributed by atoms with Gasteiger partial charge in [0.25, 0.3) is 5.91 Å². The highest BCUT2D eigenvalue weighted by Crippen LogP contribution is 2.34. The third-order valence-corrected chi connectivity index (χ3v) is 4.12. The first-order valence-corrected chi connectivity index (χ1v) is 8.85. The van der Waals surface area contributed by atoms with Gasteiger partial charge >= 0.3 is 6.18 Å². The van der Waals surface area contributed by atoms with Crippen molar-refractivity contribution in [1.29, 1.82) is 0 Å². The molecule has 140 valence electrons. The second-order valence-corrected chi connectivity index (χ2v) is 7.31. The van der Waals surface area contributed by atoms with Crippen LogP contribution < -0.4 is 10.1 Å². The van der Waals surface area contributed by atoms with E-state index in [1.165, 1.54) is 6.07 Å². The zero-order valence-corrected chi connectivity index (χ0v) is 16.3. The van der Waals surface area contributed by atoms with E-state index in [1.807, 2.05) is 13.8 Å². The van der Waals surface area contributed by atoms with Crippen molar-refractivity contribution < 1.29 is 22.7 Å². The molecule has 1 N–H and O–H groups in total. The molecular weight excluding hydrogens is 435 g/mol. The van der Waals surface area contributed by atoms with Crippen LogP contribution in [-0.4, -0.2) is 12.5 Å². The largest absolute Gasteiger partial charge is 0.492 e. The fourth-order valence-electron chi connectivity index (χ4n) is 2.05. The van der Waals surface area contributed by atoms with Crippen LogP contribution in [0.1, 0.15) is 29.8 Å². The summed E-state index contributed by atoms with van der Waals surface area (Å²) in [5.41, 5.74) is -0.836. The third-order valence-electron chi connectivity index (χ3n) is 3.30. The summed E-state index contributed by atoms with van der Waals surface area (Å²) in [6.07, 6.45) is -4.54. The van der Waals surface area contributed by atoms with Gasteiger partial charge in [-0.25, -0.2) is 0 Å². The van der Waals surface area contributed by atoms with Crippen LogP contribution in [0.4, 0.5) is 18.9 Å². The normalized spacial score (nSPS) is 11.5. The lowest BCUT2D eigenvalue weighted by atomic mass is 10.1. The first-order valence-electron chi connectivity index (χ1n) is 7.68. The highest BCUT2D eigenvalue weighted by molar-refractivity contribution is 9.10. The Kier molecular flexibility index (Phi) is 6.58. The van der Waals surface area contributed by atoms with Gasteiger partial charge in [-0.3, -0.25) is 4.79 Å². The molecule has 0 heterocycles. The summed E-state index contributed by atoms with van der Waals surface area (Å²) in [5, 5.41) is 2.43. The van der Waals surface area contributed by atoms with Crippen molar-refractivity contribution >= 4 is 39.1 Å². The molecule has 2 aromatic rings. The van der Waals surface area contributed by atoms with Gasteiger partial charge in [-0.15, -0.1) is 0 Å². The predicted octanol–water partition coefficient (Wildman–Crippen LogP) is 6.41. The molecule has 1 amide bonds. The second kappa shape index (κ2) is 8.31. The molecule has 0 saturated carbocycles. The SMILES string of the molecule is CC(C)COc1ccc(Br)cc1C(=O)Nc1cc(C(F)(F)F)ccc1Cl. The Bertz CT molecular complexity index is 810. The van der Waals surface area contributed by atoms with E-state index in [9.17, 15) is 18.0 Å². The molecule has 8 heteroatoms. The number of hydrogen-bond donors (Lipinski definition) is 1. The molecule has 0 atom stereocenters. The predicted molar refractivity (Wildman–Crippen MR) is 98.9 cm³/mol. The van der Waals surface area contributed by atoms with Crippen LogP contribution in [-0.2, 0) is 6.18 Å². The number of rotatable bonds is 5. The molecule has 0 saturated heterocycles. The average molecular weight is 451 g/mol. The summed E-state index contributed by atoms with van der Waals surface area (Å²) in [7, 11) is 0. The summed E-state index contributed by atoms with van der Waals surface area (Å²) < 4.78 is 44.9. The summed E-state index contributed by atoms with van der Waals surface area (Å²) in [6, 6.07) is 7.61. The third kappa shape index (κ3) is 5.38. The molecule has 0 radical (unpaired) electrons. The number of halogens is 5. The minimum atomic E-state index is -4.54. The van der Waals surface area contributed by atoms with E-state index < -0.39 is 17.6 Å². The number of ether oxygens (including phenoxy) is 1. The van der Waals surface area contributed by atoms with Crippen molar-refractivity contribution in [3.05, 3.63) is 57.0 Å². The fourth-order valence-corrected chi connectivity index (χ4v) is 2.57. The smallest absolute Gasteiger partial charge is 0.416 e. The number of carbonyl (C=O) groups is 1. The first kappa shape index (κ1) is 20.6. The molecule has 0 unspecified atom stereocenters. The Balaban J connectivity index is 2.31. The van der Waals surface area contributed by atoms with E-state index in [0.717, 1.165) is 18.2 Å².